The molecule has 1 amide bonds. The van der Waals surface area contributed by atoms with E-state index in [0.29, 0.717) is 24.3 Å². The Morgan fingerprint density at radius 2 is 2.06 bits per heavy atom. The number of hydrogen-bond acceptors (Lipinski definition) is 3. The lowest BCUT2D eigenvalue weighted by Gasteiger charge is -2.30. The Hall–Kier alpha value is -1.71. The molecule has 1 aromatic rings. The number of ketones is 1. The van der Waals surface area contributed by atoms with Crippen molar-refractivity contribution in [1.82, 2.24) is 9.88 Å². The molecule has 0 radical (unpaired) electrons. The predicted molar refractivity (Wildman–Crippen MR) is 68.3 cm³/mol. The monoisotopic (exact) mass is 246 g/mol. The molecule has 1 saturated carbocycles. The average Bonchev–Trinajstić information content (AvgIpc) is 2.38. The first-order chi connectivity index (χ1) is 8.59. The molecule has 0 spiro atoms. The van der Waals surface area contributed by atoms with Crippen LogP contribution in [0.1, 0.15) is 41.7 Å². The molecule has 4 heteroatoms. The highest BCUT2D eigenvalue weighted by molar-refractivity contribution is 5.93. The molecular weight excluding hydrogens is 228 g/mol. The Labute approximate surface area is 107 Å². The molecule has 0 saturated heterocycles. The van der Waals surface area contributed by atoms with Crippen LogP contribution in [0, 0.1) is 6.92 Å². The molecule has 0 N–H and O–H groups in total. The van der Waals surface area contributed by atoms with E-state index >= 15 is 0 Å². The Bertz CT molecular complexity index is 461. The summed E-state index contributed by atoms with van der Waals surface area (Å²) in [7, 11) is 1.80. The smallest absolute Gasteiger partial charge is 0.272 e. The molecule has 0 unspecified atom stereocenters. The van der Waals surface area contributed by atoms with Crippen LogP contribution in [0.25, 0.3) is 0 Å². The van der Waals surface area contributed by atoms with E-state index in [1.165, 1.54) is 0 Å². The molecule has 1 aromatic heterocycles. The first kappa shape index (κ1) is 12.7. The molecule has 18 heavy (non-hydrogen) atoms. The summed E-state index contributed by atoms with van der Waals surface area (Å²) < 4.78 is 0. The predicted octanol–water partition coefficient (Wildman–Crippen LogP) is 1.97. The highest BCUT2D eigenvalue weighted by Crippen LogP contribution is 2.21. The van der Waals surface area contributed by atoms with Gasteiger partial charge in [0.25, 0.3) is 5.91 Å². The van der Waals surface area contributed by atoms with Crippen LogP contribution in [0.15, 0.2) is 18.3 Å². The first-order valence-electron chi connectivity index (χ1n) is 6.30. The summed E-state index contributed by atoms with van der Waals surface area (Å²) in [4.78, 5) is 29.4. The Kier molecular flexibility index (Phi) is 3.75. The fraction of sp³-hybridized carbons (Fsp3) is 0.500. The number of rotatable bonds is 2. The van der Waals surface area contributed by atoms with Gasteiger partial charge in [-0.1, -0.05) is 6.07 Å². The maximum absolute atomic E-state index is 12.3. The van der Waals surface area contributed by atoms with Gasteiger partial charge in [-0.3, -0.25) is 14.6 Å². The van der Waals surface area contributed by atoms with Crippen LogP contribution in [0.4, 0.5) is 0 Å². The van der Waals surface area contributed by atoms with Crippen molar-refractivity contribution in [2.75, 3.05) is 7.05 Å². The second-order valence-electron chi connectivity index (χ2n) is 4.85. The van der Waals surface area contributed by atoms with Crippen LogP contribution in [0.2, 0.25) is 0 Å². The third kappa shape index (κ3) is 2.58. The lowest BCUT2D eigenvalue weighted by molar-refractivity contribution is -0.121. The van der Waals surface area contributed by atoms with Gasteiger partial charge in [0.2, 0.25) is 0 Å². The summed E-state index contributed by atoms with van der Waals surface area (Å²) in [5.74, 6) is 0.258. The summed E-state index contributed by atoms with van der Waals surface area (Å²) in [5, 5.41) is 0. The Morgan fingerprint density at radius 3 is 2.67 bits per heavy atom. The van der Waals surface area contributed by atoms with Gasteiger partial charge >= 0.3 is 0 Å². The summed E-state index contributed by atoms with van der Waals surface area (Å²) in [6, 6.07) is 3.88. The summed E-state index contributed by atoms with van der Waals surface area (Å²) in [5.41, 5.74) is 1.40. The second kappa shape index (κ2) is 5.29. The number of aryl methyl sites for hydroxylation is 1. The van der Waals surface area contributed by atoms with Crippen LogP contribution in [-0.2, 0) is 4.79 Å². The van der Waals surface area contributed by atoms with Crippen LogP contribution in [0.5, 0.6) is 0 Å². The largest absolute Gasteiger partial charge is 0.337 e. The highest BCUT2D eigenvalue weighted by atomic mass is 16.2. The highest BCUT2D eigenvalue weighted by Gasteiger charge is 2.26. The van der Waals surface area contributed by atoms with Crippen molar-refractivity contribution in [3.8, 4) is 0 Å². The van der Waals surface area contributed by atoms with Crippen molar-refractivity contribution in [2.24, 2.45) is 0 Å². The van der Waals surface area contributed by atoms with Crippen molar-refractivity contribution in [3.05, 3.63) is 29.6 Å². The molecule has 1 aliphatic carbocycles. The zero-order chi connectivity index (χ0) is 13.1. The topological polar surface area (TPSA) is 50.3 Å². The molecule has 96 valence electrons. The van der Waals surface area contributed by atoms with E-state index in [1.54, 1.807) is 18.1 Å². The lowest BCUT2D eigenvalue weighted by atomic mass is 9.93. The van der Waals surface area contributed by atoms with E-state index in [0.717, 1.165) is 18.4 Å². The molecule has 0 aromatic carbocycles. The van der Waals surface area contributed by atoms with Crippen LogP contribution in [-0.4, -0.2) is 34.7 Å². The van der Waals surface area contributed by atoms with Crippen LogP contribution in [0.3, 0.4) is 0 Å². The number of amides is 1. The second-order valence-corrected chi connectivity index (χ2v) is 4.85. The zero-order valence-corrected chi connectivity index (χ0v) is 10.8. The van der Waals surface area contributed by atoms with Crippen molar-refractivity contribution in [1.29, 1.82) is 0 Å². The maximum atomic E-state index is 12.3. The van der Waals surface area contributed by atoms with Gasteiger partial charge in [0.1, 0.15) is 11.5 Å². The maximum Gasteiger partial charge on any atom is 0.272 e. The minimum Gasteiger partial charge on any atom is -0.337 e. The van der Waals surface area contributed by atoms with Gasteiger partial charge < -0.3 is 4.90 Å². The number of hydrogen-bond donors (Lipinski definition) is 0. The van der Waals surface area contributed by atoms with Gasteiger partial charge in [-0.15, -0.1) is 0 Å². The number of carbonyl (C=O) groups is 2. The minimum absolute atomic E-state index is 0.0487. The van der Waals surface area contributed by atoms with Crippen LogP contribution >= 0.6 is 0 Å². The molecule has 2 rings (SSSR count). The van der Waals surface area contributed by atoms with E-state index in [1.807, 2.05) is 19.1 Å². The molecule has 0 bridgehead atoms. The molecule has 1 fully saturated rings. The van der Waals surface area contributed by atoms with Gasteiger partial charge in [0, 0.05) is 32.1 Å². The summed E-state index contributed by atoms with van der Waals surface area (Å²) in [6.07, 6.45) is 4.35. The van der Waals surface area contributed by atoms with Crippen molar-refractivity contribution in [2.45, 2.75) is 38.6 Å². The third-order valence-electron chi connectivity index (χ3n) is 3.59. The Morgan fingerprint density at radius 1 is 1.39 bits per heavy atom. The summed E-state index contributed by atoms with van der Waals surface area (Å²) >= 11 is 0. The molecule has 0 atom stereocenters. The normalized spacial score (nSPS) is 16.7. The molecular formula is C14H18N2O2. The average molecular weight is 246 g/mol. The van der Waals surface area contributed by atoms with E-state index in [2.05, 4.69) is 4.98 Å². The number of carbonyl (C=O) groups excluding carboxylic acids is 2. The summed E-state index contributed by atoms with van der Waals surface area (Å²) in [6.45, 7) is 1.89. The van der Waals surface area contributed by atoms with Crippen molar-refractivity contribution >= 4 is 11.7 Å². The molecule has 1 heterocycles. The van der Waals surface area contributed by atoms with E-state index in [-0.39, 0.29) is 11.9 Å². The number of nitrogens with zero attached hydrogens (tertiary/aromatic N) is 2. The van der Waals surface area contributed by atoms with Crippen LogP contribution < -0.4 is 0 Å². The lowest BCUT2D eigenvalue weighted by Crippen LogP contribution is -2.40. The minimum atomic E-state index is -0.0487. The van der Waals surface area contributed by atoms with E-state index < -0.39 is 0 Å². The van der Waals surface area contributed by atoms with Crippen molar-refractivity contribution in [3.63, 3.8) is 0 Å². The van der Waals surface area contributed by atoms with Gasteiger partial charge in [-0.25, -0.2) is 0 Å². The fourth-order valence-corrected chi connectivity index (χ4v) is 2.35. The Balaban J connectivity index is 2.09. The van der Waals surface area contributed by atoms with Gasteiger partial charge in [-0.2, -0.15) is 0 Å². The zero-order valence-electron chi connectivity index (χ0n) is 10.8. The quantitative estimate of drug-likeness (QED) is 0.801. The molecule has 1 aliphatic rings. The van der Waals surface area contributed by atoms with E-state index in [9.17, 15) is 9.59 Å². The number of pyridine rings is 1. The number of Topliss-reactive ketones (excluding diaryl/α,β-unsaturated/α-hetero) is 1. The third-order valence-corrected chi connectivity index (χ3v) is 3.59. The first-order valence-corrected chi connectivity index (χ1v) is 6.30. The molecule has 4 nitrogen and oxygen atoms in total. The fourth-order valence-electron chi connectivity index (χ4n) is 2.35. The molecule has 0 aliphatic heterocycles. The van der Waals surface area contributed by atoms with Gasteiger partial charge in [0.05, 0.1) is 0 Å². The standard InChI is InChI=1S/C14H18N2O2/c1-10-4-3-9-15-13(10)14(18)16(2)11-5-7-12(17)8-6-11/h3-4,9,11H,5-8H2,1-2H3. The van der Waals surface area contributed by atoms with Gasteiger partial charge in [0.15, 0.2) is 0 Å². The van der Waals surface area contributed by atoms with E-state index in [4.69, 9.17) is 0 Å². The van der Waals surface area contributed by atoms with Gasteiger partial charge in [-0.05, 0) is 31.4 Å². The number of aromatic nitrogens is 1. The SMILES string of the molecule is Cc1cccnc1C(=O)N(C)C1CCC(=O)CC1. The van der Waals surface area contributed by atoms with Crippen molar-refractivity contribution < 1.29 is 9.59 Å².